The number of hydrogen-bond acceptors (Lipinski definition) is 9. The summed E-state index contributed by atoms with van der Waals surface area (Å²) < 4.78 is 25.5. The molecule has 3 atom stereocenters. The van der Waals surface area contributed by atoms with E-state index in [4.69, 9.17) is 0 Å². The first kappa shape index (κ1) is 23.3. The normalized spacial score (nSPS) is 14.8. The molecule has 4 N–H and O–H groups in total. The third-order valence-corrected chi connectivity index (χ3v) is 5.58. The number of sulfonamides is 1. The molecule has 160 valence electrons. The number of nitrogens with zero attached hydrogens (tertiary/aromatic N) is 3. The summed E-state index contributed by atoms with van der Waals surface area (Å²) in [6.07, 6.45) is 1.35. The third kappa shape index (κ3) is 7.77. The van der Waals surface area contributed by atoms with E-state index in [2.05, 4.69) is 25.0 Å². The summed E-state index contributed by atoms with van der Waals surface area (Å²) in [6, 6.07) is 9.30. The van der Waals surface area contributed by atoms with Gasteiger partial charge in [-0.2, -0.15) is 15.0 Å². The van der Waals surface area contributed by atoms with Crippen molar-refractivity contribution in [3.63, 3.8) is 0 Å². The van der Waals surface area contributed by atoms with Crippen molar-refractivity contribution in [2.75, 3.05) is 22.9 Å². The molecule has 0 aliphatic heterocycles. The summed E-state index contributed by atoms with van der Waals surface area (Å²) in [5.74, 6) is 0.0151. The molecule has 1 aromatic carbocycles. The summed E-state index contributed by atoms with van der Waals surface area (Å²) in [7, 11) is -3.58. The number of thioether (sulfide) groups is 1. The van der Waals surface area contributed by atoms with E-state index in [1.165, 1.54) is 11.8 Å². The quantitative estimate of drug-likeness (QED) is 0.386. The van der Waals surface area contributed by atoms with Crippen LogP contribution in [0.2, 0.25) is 0 Å². The van der Waals surface area contributed by atoms with E-state index in [1.807, 2.05) is 44.2 Å². The van der Waals surface area contributed by atoms with Crippen LogP contribution < -0.4 is 10.0 Å². The van der Waals surface area contributed by atoms with Gasteiger partial charge in [0.1, 0.15) is 0 Å². The molecule has 0 amide bonds. The number of anilines is 2. The molecule has 2 aromatic rings. The van der Waals surface area contributed by atoms with Gasteiger partial charge < -0.3 is 15.5 Å². The Kier molecular flexibility index (Phi) is 8.62. The Hall–Kier alpha value is -1.95. The lowest BCUT2D eigenvalue weighted by Crippen LogP contribution is -2.36. The van der Waals surface area contributed by atoms with Crippen molar-refractivity contribution in [1.29, 1.82) is 0 Å². The first-order chi connectivity index (χ1) is 13.7. The van der Waals surface area contributed by atoms with Crippen molar-refractivity contribution >= 4 is 33.7 Å². The van der Waals surface area contributed by atoms with Gasteiger partial charge in [0.05, 0.1) is 25.0 Å². The van der Waals surface area contributed by atoms with Crippen molar-refractivity contribution < 1.29 is 18.6 Å². The predicted octanol–water partition coefficient (Wildman–Crippen LogP) is 2.03. The number of hydrogen-bond donors (Lipinski definition) is 4. The lowest BCUT2D eigenvalue weighted by molar-refractivity contribution is 0.0769. The zero-order valence-electron chi connectivity index (χ0n) is 16.6. The SMILES string of the molecule is CCC[C@@H](Nc1nc(NS(C)(=O)=O)nc(SC(C)c2ccccc2)n1)[C@@H](O)CO. The molecular formula is C18H27N5O4S2. The Balaban J connectivity index is 2.32. The van der Waals surface area contributed by atoms with Crippen LogP contribution in [0, 0.1) is 0 Å². The molecule has 0 saturated carbocycles. The van der Waals surface area contributed by atoms with Crippen LogP contribution >= 0.6 is 11.8 Å². The second-order valence-corrected chi connectivity index (χ2v) is 9.66. The largest absolute Gasteiger partial charge is 0.394 e. The fraction of sp³-hybridized carbons (Fsp3) is 0.500. The molecule has 9 nitrogen and oxygen atoms in total. The number of aliphatic hydroxyl groups is 2. The average Bonchev–Trinajstić information content (AvgIpc) is 2.66. The Labute approximate surface area is 175 Å². The molecular weight excluding hydrogens is 414 g/mol. The number of benzene rings is 1. The highest BCUT2D eigenvalue weighted by atomic mass is 32.2. The molecule has 0 spiro atoms. The smallest absolute Gasteiger partial charge is 0.242 e. The minimum Gasteiger partial charge on any atom is -0.394 e. The molecule has 0 bridgehead atoms. The van der Waals surface area contributed by atoms with Crippen molar-refractivity contribution in [1.82, 2.24) is 15.0 Å². The van der Waals surface area contributed by atoms with Crippen LogP contribution in [0.5, 0.6) is 0 Å². The van der Waals surface area contributed by atoms with Crippen LogP contribution in [-0.4, -0.2) is 58.6 Å². The monoisotopic (exact) mass is 441 g/mol. The topological polar surface area (TPSA) is 137 Å². The third-order valence-electron chi connectivity index (χ3n) is 4.01. The van der Waals surface area contributed by atoms with E-state index in [1.54, 1.807) is 0 Å². The average molecular weight is 442 g/mol. The Morgan fingerprint density at radius 1 is 1.14 bits per heavy atom. The van der Waals surface area contributed by atoms with E-state index < -0.39 is 28.8 Å². The van der Waals surface area contributed by atoms with Gasteiger partial charge in [-0.1, -0.05) is 55.4 Å². The summed E-state index contributed by atoms with van der Waals surface area (Å²) in [5.41, 5.74) is 1.07. The van der Waals surface area contributed by atoms with Gasteiger partial charge in [0.2, 0.25) is 21.9 Å². The van der Waals surface area contributed by atoms with E-state index in [9.17, 15) is 18.6 Å². The zero-order valence-corrected chi connectivity index (χ0v) is 18.2. The fourth-order valence-corrected chi connectivity index (χ4v) is 3.91. The molecule has 1 heterocycles. The van der Waals surface area contributed by atoms with Crippen LogP contribution in [0.4, 0.5) is 11.9 Å². The highest BCUT2D eigenvalue weighted by molar-refractivity contribution is 7.99. The van der Waals surface area contributed by atoms with Gasteiger partial charge in [0, 0.05) is 5.25 Å². The summed E-state index contributed by atoms with van der Waals surface area (Å²) >= 11 is 1.36. The molecule has 29 heavy (non-hydrogen) atoms. The van der Waals surface area contributed by atoms with Crippen LogP contribution in [0.15, 0.2) is 35.5 Å². The lowest BCUT2D eigenvalue weighted by Gasteiger charge is -2.22. The second kappa shape index (κ2) is 10.7. The molecule has 0 aliphatic rings. The number of nitrogens with one attached hydrogen (secondary N) is 2. The highest BCUT2D eigenvalue weighted by Gasteiger charge is 2.21. The zero-order chi connectivity index (χ0) is 21.4. The van der Waals surface area contributed by atoms with Gasteiger partial charge in [0.15, 0.2) is 5.16 Å². The Morgan fingerprint density at radius 3 is 2.38 bits per heavy atom. The van der Waals surface area contributed by atoms with Gasteiger partial charge in [-0.05, 0) is 18.9 Å². The molecule has 0 saturated heterocycles. The van der Waals surface area contributed by atoms with Crippen molar-refractivity contribution in [2.24, 2.45) is 0 Å². The van der Waals surface area contributed by atoms with Crippen LogP contribution in [0.1, 0.15) is 37.5 Å². The van der Waals surface area contributed by atoms with Gasteiger partial charge in [-0.15, -0.1) is 0 Å². The predicted molar refractivity (Wildman–Crippen MR) is 114 cm³/mol. The van der Waals surface area contributed by atoms with E-state index >= 15 is 0 Å². The van der Waals surface area contributed by atoms with E-state index in [0.717, 1.165) is 18.2 Å². The van der Waals surface area contributed by atoms with Crippen LogP contribution in [0.25, 0.3) is 0 Å². The number of rotatable bonds is 11. The van der Waals surface area contributed by atoms with Gasteiger partial charge in [-0.25, -0.2) is 8.42 Å². The summed E-state index contributed by atoms with van der Waals surface area (Å²) in [4.78, 5) is 12.7. The molecule has 0 aliphatic carbocycles. The second-order valence-electron chi connectivity index (χ2n) is 6.60. The first-order valence-electron chi connectivity index (χ1n) is 9.22. The maximum absolute atomic E-state index is 11.6. The van der Waals surface area contributed by atoms with Gasteiger partial charge >= 0.3 is 0 Å². The van der Waals surface area contributed by atoms with Gasteiger partial charge in [-0.3, -0.25) is 4.72 Å². The molecule has 1 aromatic heterocycles. The number of aromatic nitrogens is 3. The standard InChI is InChI=1S/C18H27N5O4S2/c1-4-8-14(15(25)11-24)19-16-20-17(23-29(3,26)27)22-18(21-16)28-12(2)13-9-6-5-7-10-13/h5-7,9-10,12,14-15,24-25H,4,8,11H2,1-3H3,(H2,19,20,21,22,23)/t12?,14-,15+/m1/s1. The van der Waals surface area contributed by atoms with Crippen molar-refractivity contribution in [3.05, 3.63) is 35.9 Å². The minimum absolute atomic E-state index is 0.0204. The van der Waals surface area contributed by atoms with E-state index in [-0.39, 0.29) is 17.1 Å². The Morgan fingerprint density at radius 2 is 1.79 bits per heavy atom. The maximum atomic E-state index is 11.6. The molecule has 0 fully saturated rings. The van der Waals surface area contributed by atoms with Gasteiger partial charge in [0.25, 0.3) is 0 Å². The number of aliphatic hydroxyl groups excluding tert-OH is 2. The minimum atomic E-state index is -3.58. The van der Waals surface area contributed by atoms with E-state index in [0.29, 0.717) is 11.6 Å². The van der Waals surface area contributed by atoms with Crippen LogP contribution in [0.3, 0.4) is 0 Å². The Bertz CT molecular complexity index is 883. The summed E-state index contributed by atoms with van der Waals surface area (Å²) in [5, 5.41) is 22.6. The molecule has 1 unspecified atom stereocenters. The lowest BCUT2D eigenvalue weighted by atomic mass is 10.1. The highest BCUT2D eigenvalue weighted by Crippen LogP contribution is 2.33. The molecule has 2 rings (SSSR count). The first-order valence-corrected chi connectivity index (χ1v) is 12.0. The molecule has 0 radical (unpaired) electrons. The molecule has 11 heteroatoms. The van der Waals surface area contributed by atoms with Crippen molar-refractivity contribution in [3.8, 4) is 0 Å². The van der Waals surface area contributed by atoms with Crippen LogP contribution in [-0.2, 0) is 10.0 Å². The van der Waals surface area contributed by atoms with Crippen molar-refractivity contribution in [2.45, 2.75) is 49.2 Å². The fourth-order valence-electron chi connectivity index (χ4n) is 2.60. The maximum Gasteiger partial charge on any atom is 0.242 e. The summed E-state index contributed by atoms with van der Waals surface area (Å²) in [6.45, 7) is 3.53.